The van der Waals surface area contributed by atoms with Crippen molar-refractivity contribution in [3.05, 3.63) is 0 Å². The zero-order valence-electron chi connectivity index (χ0n) is 7.42. The Morgan fingerprint density at radius 3 is 2.55 bits per heavy atom. The quantitative estimate of drug-likeness (QED) is 0.636. The molecule has 1 fully saturated rings. The molecule has 0 aromatic rings. The summed E-state index contributed by atoms with van der Waals surface area (Å²) in [5.41, 5.74) is 5.43. The van der Waals surface area contributed by atoms with E-state index in [2.05, 4.69) is 17.1 Å². The van der Waals surface area contributed by atoms with Gasteiger partial charge in [-0.15, -0.1) is 0 Å². The molecule has 3 heteroatoms. The van der Waals surface area contributed by atoms with Crippen LogP contribution >= 0.6 is 0 Å². The highest BCUT2D eigenvalue weighted by molar-refractivity contribution is 4.63. The zero-order valence-corrected chi connectivity index (χ0v) is 7.42. The van der Waals surface area contributed by atoms with Gasteiger partial charge in [-0.05, 0) is 25.8 Å². The molecule has 0 amide bonds. The number of nitrogens with two attached hydrogens (primary N) is 1. The van der Waals surface area contributed by atoms with Gasteiger partial charge < -0.3 is 5.73 Å². The van der Waals surface area contributed by atoms with Crippen molar-refractivity contribution < 1.29 is 0 Å². The third-order valence-electron chi connectivity index (χ3n) is 2.25. The Balaban J connectivity index is 2.12. The Labute approximate surface area is 69.1 Å². The van der Waals surface area contributed by atoms with Crippen molar-refractivity contribution in [2.45, 2.75) is 19.3 Å². The van der Waals surface area contributed by atoms with Gasteiger partial charge in [-0.2, -0.15) is 0 Å². The second-order valence-corrected chi connectivity index (χ2v) is 3.18. The van der Waals surface area contributed by atoms with Gasteiger partial charge in [-0.1, -0.05) is 0 Å². The number of hydrazine groups is 1. The molecule has 66 valence electrons. The molecule has 2 N–H and O–H groups in total. The maximum Gasteiger partial charge on any atom is 0.0142 e. The van der Waals surface area contributed by atoms with Gasteiger partial charge in [-0.3, -0.25) is 0 Å². The van der Waals surface area contributed by atoms with Crippen molar-refractivity contribution in [2.24, 2.45) is 5.73 Å². The average Bonchev–Trinajstić information content (AvgIpc) is 2.52. The van der Waals surface area contributed by atoms with Crippen molar-refractivity contribution >= 4 is 0 Å². The Hall–Kier alpha value is -0.120. The Morgan fingerprint density at radius 1 is 1.36 bits per heavy atom. The molecule has 0 spiro atoms. The van der Waals surface area contributed by atoms with Gasteiger partial charge in [0.25, 0.3) is 0 Å². The molecule has 11 heavy (non-hydrogen) atoms. The Kier molecular flexibility index (Phi) is 3.83. The summed E-state index contributed by atoms with van der Waals surface area (Å²) in [5, 5.41) is 4.72. The molecule has 0 atom stereocenters. The van der Waals surface area contributed by atoms with Crippen molar-refractivity contribution in [1.82, 2.24) is 10.0 Å². The molecule has 1 saturated heterocycles. The van der Waals surface area contributed by atoms with Crippen LogP contribution in [0, 0.1) is 0 Å². The minimum Gasteiger partial charge on any atom is -0.330 e. The van der Waals surface area contributed by atoms with Crippen molar-refractivity contribution in [2.75, 3.05) is 33.2 Å². The second kappa shape index (κ2) is 4.70. The van der Waals surface area contributed by atoms with Crippen LogP contribution in [0.2, 0.25) is 0 Å². The predicted molar refractivity (Wildman–Crippen MR) is 47.1 cm³/mol. The fraction of sp³-hybridized carbons (Fsp3) is 1.00. The maximum atomic E-state index is 5.43. The van der Waals surface area contributed by atoms with Crippen LogP contribution in [0.25, 0.3) is 0 Å². The smallest absolute Gasteiger partial charge is 0.0142 e. The number of hydrogen-bond acceptors (Lipinski definition) is 3. The van der Waals surface area contributed by atoms with Crippen LogP contribution in [-0.2, 0) is 0 Å². The summed E-state index contributed by atoms with van der Waals surface area (Å²) in [6.07, 6.45) is 3.81. The molecule has 1 aliphatic rings. The first-order valence-electron chi connectivity index (χ1n) is 4.50. The van der Waals surface area contributed by atoms with E-state index in [0.29, 0.717) is 0 Å². The first kappa shape index (κ1) is 8.97. The first-order valence-corrected chi connectivity index (χ1v) is 4.50. The Morgan fingerprint density at radius 2 is 2.00 bits per heavy atom. The largest absolute Gasteiger partial charge is 0.330 e. The van der Waals surface area contributed by atoms with E-state index in [9.17, 15) is 0 Å². The van der Waals surface area contributed by atoms with E-state index in [1.54, 1.807) is 0 Å². The van der Waals surface area contributed by atoms with Gasteiger partial charge in [0.1, 0.15) is 0 Å². The predicted octanol–water partition coefficient (Wildman–Crippen LogP) is 0.278. The molecular weight excluding hydrogens is 138 g/mol. The van der Waals surface area contributed by atoms with E-state index < -0.39 is 0 Å². The van der Waals surface area contributed by atoms with Crippen LogP contribution in [0.15, 0.2) is 0 Å². The lowest BCUT2D eigenvalue weighted by molar-refractivity contribution is 0.0243. The highest BCUT2D eigenvalue weighted by Gasteiger charge is 2.14. The lowest BCUT2D eigenvalue weighted by atomic mass is 10.4. The second-order valence-electron chi connectivity index (χ2n) is 3.18. The van der Waals surface area contributed by atoms with Crippen molar-refractivity contribution in [1.29, 1.82) is 0 Å². The fourth-order valence-electron chi connectivity index (χ4n) is 1.50. The highest BCUT2D eigenvalue weighted by atomic mass is 15.6. The number of rotatable bonds is 4. The van der Waals surface area contributed by atoms with E-state index in [4.69, 9.17) is 5.73 Å². The lowest BCUT2D eigenvalue weighted by Gasteiger charge is -2.27. The molecule has 0 aromatic heterocycles. The summed E-state index contributed by atoms with van der Waals surface area (Å²) in [6, 6.07) is 0. The van der Waals surface area contributed by atoms with Crippen LogP contribution in [-0.4, -0.2) is 43.2 Å². The number of hydrogen-bond donors (Lipinski definition) is 1. The van der Waals surface area contributed by atoms with Crippen molar-refractivity contribution in [3.8, 4) is 0 Å². The van der Waals surface area contributed by atoms with Gasteiger partial charge in [0.15, 0.2) is 0 Å². The van der Waals surface area contributed by atoms with Gasteiger partial charge in [-0.25, -0.2) is 10.0 Å². The van der Waals surface area contributed by atoms with Crippen LogP contribution in [0.5, 0.6) is 0 Å². The van der Waals surface area contributed by atoms with Crippen LogP contribution < -0.4 is 5.73 Å². The summed E-state index contributed by atoms with van der Waals surface area (Å²) >= 11 is 0. The monoisotopic (exact) mass is 157 g/mol. The zero-order chi connectivity index (χ0) is 8.10. The van der Waals surface area contributed by atoms with Crippen LogP contribution in [0.3, 0.4) is 0 Å². The van der Waals surface area contributed by atoms with E-state index in [0.717, 1.165) is 19.5 Å². The normalized spacial score (nSPS) is 19.9. The average molecular weight is 157 g/mol. The minimum absolute atomic E-state index is 0.804. The van der Waals surface area contributed by atoms with Crippen molar-refractivity contribution in [3.63, 3.8) is 0 Å². The van der Waals surface area contributed by atoms with Gasteiger partial charge >= 0.3 is 0 Å². The topological polar surface area (TPSA) is 32.5 Å². The molecule has 0 aromatic carbocycles. The summed E-state index contributed by atoms with van der Waals surface area (Å²) < 4.78 is 0. The highest BCUT2D eigenvalue weighted by Crippen LogP contribution is 2.09. The fourth-order valence-corrected chi connectivity index (χ4v) is 1.50. The molecule has 0 radical (unpaired) electrons. The third-order valence-corrected chi connectivity index (χ3v) is 2.25. The molecule has 1 aliphatic heterocycles. The summed E-state index contributed by atoms with van der Waals surface area (Å²) in [5.74, 6) is 0. The minimum atomic E-state index is 0.804. The van der Waals surface area contributed by atoms with E-state index in [1.807, 2.05) is 0 Å². The van der Waals surface area contributed by atoms with E-state index in [-0.39, 0.29) is 0 Å². The van der Waals surface area contributed by atoms with Gasteiger partial charge in [0, 0.05) is 26.7 Å². The summed E-state index contributed by atoms with van der Waals surface area (Å²) in [6.45, 7) is 4.39. The number of nitrogens with zero attached hydrogens (tertiary/aromatic N) is 2. The first-order chi connectivity index (χ1) is 5.34. The molecule has 0 saturated carbocycles. The maximum absolute atomic E-state index is 5.43. The third kappa shape index (κ3) is 2.77. The van der Waals surface area contributed by atoms with Gasteiger partial charge in [0.2, 0.25) is 0 Å². The van der Waals surface area contributed by atoms with Crippen LogP contribution in [0.4, 0.5) is 0 Å². The molecule has 0 bridgehead atoms. The summed E-state index contributed by atoms with van der Waals surface area (Å²) in [4.78, 5) is 0. The molecule has 3 nitrogen and oxygen atoms in total. The molecule has 1 rings (SSSR count). The lowest BCUT2D eigenvalue weighted by Crippen LogP contribution is -2.38. The molecule has 1 heterocycles. The standard InChI is InChI=1S/C8H19N3/c1-10(6-4-5-9)11-7-2-3-8-11/h2-9H2,1H3. The Bertz CT molecular complexity index is 99.5. The van der Waals surface area contributed by atoms with E-state index >= 15 is 0 Å². The van der Waals surface area contributed by atoms with E-state index in [1.165, 1.54) is 25.9 Å². The molecule has 0 aliphatic carbocycles. The molecular formula is C8H19N3. The summed E-state index contributed by atoms with van der Waals surface area (Å²) in [7, 11) is 2.15. The van der Waals surface area contributed by atoms with Gasteiger partial charge in [0.05, 0.1) is 0 Å². The molecule has 0 unspecified atom stereocenters. The van der Waals surface area contributed by atoms with Crippen LogP contribution in [0.1, 0.15) is 19.3 Å². The SMILES string of the molecule is CN(CCCN)N1CCCC1.